The Morgan fingerprint density at radius 1 is 0.741 bits per heavy atom. The Labute approximate surface area is 156 Å². The molecule has 1 amide bonds. The molecule has 0 saturated heterocycles. The van der Waals surface area contributed by atoms with Crippen LogP contribution in [0.15, 0.2) is 36.4 Å². The summed E-state index contributed by atoms with van der Waals surface area (Å²) in [5.74, 6) is -0.943. The van der Waals surface area contributed by atoms with Crippen LogP contribution in [0.3, 0.4) is 0 Å². The first-order valence-corrected chi connectivity index (χ1v) is 7.78. The lowest BCUT2D eigenvalue weighted by Crippen LogP contribution is -2.16. The standard InChI is InChI=1S/C19H19NO7/c1-24-13-7-12(8-14(10-13)25-2)17(21)20-16-9-11(18(22)26-3)5-6-15(16)19(23)27-4/h5-10H,1-4H3,(H,20,21). The highest BCUT2D eigenvalue weighted by Gasteiger charge is 2.18. The molecule has 0 heterocycles. The van der Waals surface area contributed by atoms with Gasteiger partial charge in [0.15, 0.2) is 0 Å². The van der Waals surface area contributed by atoms with Crippen LogP contribution in [0.5, 0.6) is 11.5 Å². The molecule has 142 valence electrons. The molecule has 1 N–H and O–H groups in total. The number of carbonyl (C=O) groups excluding carboxylic acids is 3. The molecule has 0 aliphatic rings. The third-order valence-electron chi connectivity index (χ3n) is 3.71. The summed E-state index contributed by atoms with van der Waals surface area (Å²) in [6.45, 7) is 0. The summed E-state index contributed by atoms with van der Waals surface area (Å²) in [6.07, 6.45) is 0. The van der Waals surface area contributed by atoms with Crippen LogP contribution in [-0.2, 0) is 9.47 Å². The summed E-state index contributed by atoms with van der Waals surface area (Å²) in [6, 6.07) is 8.77. The molecule has 0 radical (unpaired) electrons. The minimum atomic E-state index is -0.662. The Balaban J connectivity index is 2.43. The number of benzene rings is 2. The third-order valence-corrected chi connectivity index (χ3v) is 3.71. The van der Waals surface area contributed by atoms with Gasteiger partial charge in [-0.25, -0.2) is 9.59 Å². The van der Waals surface area contributed by atoms with Gasteiger partial charge in [0.05, 0.1) is 45.3 Å². The molecule has 0 spiro atoms. The van der Waals surface area contributed by atoms with Gasteiger partial charge < -0.3 is 24.3 Å². The monoisotopic (exact) mass is 373 g/mol. The lowest BCUT2D eigenvalue weighted by molar-refractivity contribution is 0.0587. The first-order chi connectivity index (χ1) is 12.9. The second kappa shape index (κ2) is 8.70. The molecule has 0 aliphatic heterocycles. The topological polar surface area (TPSA) is 100 Å². The van der Waals surface area contributed by atoms with Gasteiger partial charge in [-0.1, -0.05) is 0 Å². The fraction of sp³-hybridized carbons (Fsp3) is 0.211. The molecule has 0 aliphatic carbocycles. The lowest BCUT2D eigenvalue weighted by Gasteiger charge is -2.13. The van der Waals surface area contributed by atoms with E-state index in [2.05, 4.69) is 10.1 Å². The summed E-state index contributed by atoms with van der Waals surface area (Å²) in [4.78, 5) is 36.4. The van der Waals surface area contributed by atoms with Crippen LogP contribution in [0.4, 0.5) is 5.69 Å². The van der Waals surface area contributed by atoms with E-state index in [0.29, 0.717) is 11.5 Å². The number of amides is 1. The number of ether oxygens (including phenoxy) is 4. The van der Waals surface area contributed by atoms with Crippen molar-refractivity contribution in [1.82, 2.24) is 0 Å². The summed E-state index contributed by atoms with van der Waals surface area (Å²) >= 11 is 0. The number of hydrogen-bond acceptors (Lipinski definition) is 7. The quantitative estimate of drug-likeness (QED) is 0.777. The Morgan fingerprint density at radius 2 is 1.33 bits per heavy atom. The second-order valence-electron chi connectivity index (χ2n) is 5.30. The van der Waals surface area contributed by atoms with Crippen molar-refractivity contribution in [3.8, 4) is 11.5 Å². The van der Waals surface area contributed by atoms with Crippen molar-refractivity contribution in [1.29, 1.82) is 0 Å². The van der Waals surface area contributed by atoms with Gasteiger partial charge in [-0.05, 0) is 30.3 Å². The minimum Gasteiger partial charge on any atom is -0.497 e. The molecule has 0 fully saturated rings. The lowest BCUT2D eigenvalue weighted by atomic mass is 10.1. The van der Waals surface area contributed by atoms with E-state index in [4.69, 9.17) is 14.2 Å². The Bertz CT molecular complexity index is 854. The van der Waals surface area contributed by atoms with Crippen molar-refractivity contribution in [2.75, 3.05) is 33.8 Å². The smallest absolute Gasteiger partial charge is 0.339 e. The number of hydrogen-bond donors (Lipinski definition) is 1. The van der Waals surface area contributed by atoms with E-state index in [0.717, 1.165) is 0 Å². The summed E-state index contributed by atoms with van der Waals surface area (Å²) in [5.41, 5.74) is 0.610. The molecule has 0 aromatic heterocycles. The maximum atomic E-state index is 12.7. The average Bonchev–Trinajstić information content (AvgIpc) is 2.71. The van der Waals surface area contributed by atoms with Gasteiger partial charge in [-0.15, -0.1) is 0 Å². The minimum absolute atomic E-state index is 0.0911. The number of nitrogens with one attached hydrogen (secondary N) is 1. The highest BCUT2D eigenvalue weighted by atomic mass is 16.5. The van der Waals surface area contributed by atoms with E-state index in [1.807, 2.05) is 0 Å². The predicted molar refractivity (Wildman–Crippen MR) is 96.6 cm³/mol. The molecular weight excluding hydrogens is 354 g/mol. The highest BCUT2D eigenvalue weighted by Crippen LogP contribution is 2.25. The van der Waals surface area contributed by atoms with Crippen LogP contribution in [0.25, 0.3) is 0 Å². The van der Waals surface area contributed by atoms with Crippen LogP contribution in [0.2, 0.25) is 0 Å². The van der Waals surface area contributed by atoms with Gasteiger partial charge in [0, 0.05) is 11.6 Å². The zero-order chi connectivity index (χ0) is 20.0. The number of carbonyl (C=O) groups is 3. The average molecular weight is 373 g/mol. The summed E-state index contributed by atoms with van der Waals surface area (Å²) < 4.78 is 19.7. The molecule has 2 rings (SSSR count). The van der Waals surface area contributed by atoms with Crippen LogP contribution in [0.1, 0.15) is 31.1 Å². The second-order valence-corrected chi connectivity index (χ2v) is 5.30. The van der Waals surface area contributed by atoms with E-state index in [1.165, 1.54) is 58.8 Å². The van der Waals surface area contributed by atoms with Gasteiger partial charge in [-0.2, -0.15) is 0 Å². The SMILES string of the molecule is COC(=O)c1ccc(C(=O)OC)c(NC(=O)c2cc(OC)cc(OC)c2)c1. The van der Waals surface area contributed by atoms with Crippen LogP contribution < -0.4 is 14.8 Å². The van der Waals surface area contributed by atoms with Gasteiger partial charge in [0.2, 0.25) is 0 Å². The van der Waals surface area contributed by atoms with Crippen LogP contribution >= 0.6 is 0 Å². The summed E-state index contributed by atoms with van der Waals surface area (Å²) in [7, 11) is 5.38. The molecule has 0 atom stereocenters. The van der Waals surface area contributed by atoms with E-state index < -0.39 is 17.8 Å². The van der Waals surface area contributed by atoms with E-state index in [9.17, 15) is 14.4 Å². The number of methoxy groups -OCH3 is 4. The Kier molecular flexibility index (Phi) is 6.37. The van der Waals surface area contributed by atoms with Crippen molar-refractivity contribution in [3.05, 3.63) is 53.1 Å². The highest BCUT2D eigenvalue weighted by molar-refractivity contribution is 6.09. The van der Waals surface area contributed by atoms with Gasteiger partial charge in [0.1, 0.15) is 11.5 Å². The molecule has 0 unspecified atom stereocenters. The first-order valence-electron chi connectivity index (χ1n) is 7.78. The number of rotatable bonds is 6. The third kappa shape index (κ3) is 4.55. The maximum absolute atomic E-state index is 12.7. The fourth-order valence-electron chi connectivity index (χ4n) is 2.31. The zero-order valence-corrected chi connectivity index (χ0v) is 15.3. The molecule has 0 saturated carbocycles. The molecule has 0 bridgehead atoms. The van der Waals surface area contributed by atoms with Crippen molar-refractivity contribution in [2.45, 2.75) is 0 Å². The predicted octanol–water partition coefficient (Wildman–Crippen LogP) is 2.53. The van der Waals surface area contributed by atoms with Crippen LogP contribution in [0, 0.1) is 0 Å². The van der Waals surface area contributed by atoms with Gasteiger partial charge >= 0.3 is 11.9 Å². The molecule has 2 aromatic carbocycles. The van der Waals surface area contributed by atoms with Crippen molar-refractivity contribution >= 4 is 23.5 Å². The first kappa shape index (κ1) is 19.8. The Morgan fingerprint density at radius 3 is 1.85 bits per heavy atom. The maximum Gasteiger partial charge on any atom is 0.339 e. The summed E-state index contributed by atoms with van der Waals surface area (Å²) in [5, 5.41) is 2.61. The van der Waals surface area contributed by atoms with Gasteiger partial charge in [-0.3, -0.25) is 4.79 Å². The van der Waals surface area contributed by atoms with Crippen molar-refractivity contribution < 1.29 is 33.3 Å². The van der Waals surface area contributed by atoms with Crippen molar-refractivity contribution in [2.24, 2.45) is 0 Å². The molecule has 27 heavy (non-hydrogen) atoms. The van der Waals surface area contributed by atoms with E-state index in [-0.39, 0.29) is 22.4 Å². The van der Waals surface area contributed by atoms with E-state index >= 15 is 0 Å². The largest absolute Gasteiger partial charge is 0.497 e. The normalized spacial score (nSPS) is 9.93. The van der Waals surface area contributed by atoms with Gasteiger partial charge in [0.25, 0.3) is 5.91 Å². The van der Waals surface area contributed by atoms with E-state index in [1.54, 1.807) is 6.07 Å². The molecular formula is C19H19NO7. The number of esters is 2. The Hall–Kier alpha value is -3.55. The zero-order valence-electron chi connectivity index (χ0n) is 15.3. The van der Waals surface area contributed by atoms with Crippen molar-refractivity contribution in [3.63, 3.8) is 0 Å². The number of anilines is 1. The molecule has 8 nitrogen and oxygen atoms in total. The van der Waals surface area contributed by atoms with Crippen LogP contribution in [-0.4, -0.2) is 46.3 Å². The fourth-order valence-corrected chi connectivity index (χ4v) is 2.31. The molecule has 8 heteroatoms. The molecule has 2 aromatic rings.